The van der Waals surface area contributed by atoms with Gasteiger partial charge in [-0.2, -0.15) is 0 Å². The summed E-state index contributed by atoms with van der Waals surface area (Å²) in [7, 11) is 0. The van der Waals surface area contributed by atoms with Gasteiger partial charge in [0.1, 0.15) is 5.00 Å². The zero-order chi connectivity index (χ0) is 13.1. The van der Waals surface area contributed by atoms with Gasteiger partial charge in [-0.1, -0.05) is 31.5 Å². The predicted molar refractivity (Wildman–Crippen MR) is 85.6 cm³/mol. The molecule has 0 saturated heterocycles. The van der Waals surface area contributed by atoms with Gasteiger partial charge in [0.05, 0.1) is 27.5 Å². The van der Waals surface area contributed by atoms with Gasteiger partial charge >= 0.3 is 0 Å². The third kappa shape index (κ3) is 2.85. The minimum Gasteiger partial charge on any atom is -0.325 e. The van der Waals surface area contributed by atoms with Gasteiger partial charge in [0, 0.05) is 17.3 Å². The van der Waals surface area contributed by atoms with E-state index in [2.05, 4.69) is 28.0 Å². The minimum atomic E-state index is 0.498. The number of rotatable bonds is 5. The van der Waals surface area contributed by atoms with Crippen molar-refractivity contribution in [2.24, 2.45) is 0 Å². The van der Waals surface area contributed by atoms with E-state index in [1.807, 2.05) is 35.2 Å². The highest BCUT2D eigenvalue weighted by Crippen LogP contribution is 2.45. The van der Waals surface area contributed by atoms with Crippen LogP contribution in [0.25, 0.3) is 4.91 Å². The molecule has 0 N–H and O–H groups in total. The Morgan fingerprint density at radius 3 is 2.74 bits per heavy atom. The number of thioether (sulfide) groups is 1. The second-order valence-electron chi connectivity index (χ2n) is 4.32. The van der Waals surface area contributed by atoms with Crippen LogP contribution in [0.5, 0.6) is 0 Å². The molecule has 0 amide bonds. The van der Waals surface area contributed by atoms with Gasteiger partial charge in [0.15, 0.2) is 0 Å². The molecule has 0 aromatic carbocycles. The van der Waals surface area contributed by atoms with Crippen molar-refractivity contribution in [2.75, 3.05) is 4.90 Å². The summed E-state index contributed by atoms with van der Waals surface area (Å²) in [6, 6.07) is 0. The highest BCUT2D eigenvalue weighted by Gasteiger charge is 2.28. The maximum Gasteiger partial charge on any atom is 0.116 e. The van der Waals surface area contributed by atoms with Crippen LogP contribution in [0.15, 0.2) is 29.6 Å². The highest BCUT2D eigenvalue weighted by molar-refractivity contribution is 8.09. The van der Waals surface area contributed by atoms with Crippen molar-refractivity contribution in [1.82, 2.24) is 9.97 Å². The fraction of sp³-hybridized carbons (Fsp3) is 0.385. The lowest BCUT2D eigenvalue weighted by atomic mass is 10.2. The topological polar surface area (TPSA) is 29.0 Å². The summed E-state index contributed by atoms with van der Waals surface area (Å²) in [5.74, 6) is 0. The average Bonchev–Trinajstić information content (AvgIpc) is 3.14. The molecule has 0 spiro atoms. The molecule has 0 bridgehead atoms. The van der Waals surface area contributed by atoms with E-state index in [4.69, 9.17) is 0 Å². The first-order valence-electron chi connectivity index (χ1n) is 6.32. The molecule has 2 aromatic rings. The lowest BCUT2D eigenvalue weighted by Crippen LogP contribution is -2.22. The van der Waals surface area contributed by atoms with E-state index in [1.165, 1.54) is 34.0 Å². The van der Waals surface area contributed by atoms with Gasteiger partial charge in [-0.25, -0.2) is 0 Å². The van der Waals surface area contributed by atoms with Crippen molar-refractivity contribution < 1.29 is 0 Å². The van der Waals surface area contributed by atoms with Crippen LogP contribution in [-0.2, 0) is 0 Å². The number of anilines is 1. The molecule has 1 unspecified atom stereocenters. The Balaban J connectivity index is 1.83. The van der Waals surface area contributed by atoms with E-state index in [1.54, 1.807) is 22.7 Å². The second-order valence-corrected chi connectivity index (χ2v) is 7.29. The van der Waals surface area contributed by atoms with Crippen LogP contribution in [0, 0.1) is 0 Å². The van der Waals surface area contributed by atoms with Crippen LogP contribution in [0.2, 0.25) is 0 Å². The van der Waals surface area contributed by atoms with E-state index in [-0.39, 0.29) is 0 Å². The summed E-state index contributed by atoms with van der Waals surface area (Å²) >= 11 is 5.36. The number of unbranched alkanes of at least 4 members (excludes halogenated alkanes) is 1. The summed E-state index contributed by atoms with van der Waals surface area (Å²) < 4.78 is 0. The van der Waals surface area contributed by atoms with E-state index in [9.17, 15) is 0 Å². The monoisotopic (exact) mass is 309 g/mol. The lowest BCUT2D eigenvalue weighted by molar-refractivity contribution is 0.691. The van der Waals surface area contributed by atoms with Crippen molar-refractivity contribution in [1.29, 1.82) is 0 Å². The quantitative estimate of drug-likeness (QED) is 0.802. The molecule has 2 aromatic heterocycles. The number of nitrogens with zero attached hydrogens (tertiary/aromatic N) is 3. The Morgan fingerprint density at radius 1 is 1.21 bits per heavy atom. The maximum atomic E-state index is 4.20. The van der Waals surface area contributed by atoms with Crippen molar-refractivity contribution in [3.8, 4) is 0 Å². The summed E-state index contributed by atoms with van der Waals surface area (Å²) in [5, 5.41) is 1.73. The second kappa shape index (κ2) is 6.07. The Morgan fingerprint density at radius 2 is 2.05 bits per heavy atom. The number of aromatic nitrogens is 2. The van der Waals surface area contributed by atoms with Crippen LogP contribution in [-0.4, -0.2) is 15.3 Å². The number of hydrogen-bond donors (Lipinski definition) is 0. The fourth-order valence-corrected chi connectivity index (χ4v) is 4.76. The molecule has 3 nitrogen and oxygen atoms in total. The molecule has 0 fully saturated rings. The molecular formula is C13H15N3S3. The smallest absolute Gasteiger partial charge is 0.116 e. The van der Waals surface area contributed by atoms with Crippen LogP contribution in [0.1, 0.15) is 31.1 Å². The molecule has 0 aliphatic carbocycles. The molecular weight excluding hydrogens is 294 g/mol. The van der Waals surface area contributed by atoms with Crippen LogP contribution < -0.4 is 4.90 Å². The first kappa shape index (κ1) is 13.1. The van der Waals surface area contributed by atoms with E-state index < -0.39 is 0 Å². The van der Waals surface area contributed by atoms with Gasteiger partial charge < -0.3 is 4.90 Å². The summed E-state index contributed by atoms with van der Waals surface area (Å²) in [5.41, 5.74) is 3.79. The molecule has 0 radical (unpaired) electrons. The van der Waals surface area contributed by atoms with Crippen LogP contribution in [0.3, 0.4) is 0 Å². The predicted octanol–water partition coefficient (Wildman–Crippen LogP) is 4.67. The van der Waals surface area contributed by atoms with Crippen molar-refractivity contribution in [3.63, 3.8) is 0 Å². The van der Waals surface area contributed by atoms with Gasteiger partial charge in [-0.3, -0.25) is 9.97 Å². The first-order valence-corrected chi connectivity index (χ1v) is 8.96. The molecule has 3 heterocycles. The van der Waals surface area contributed by atoms with E-state index in [0.717, 1.165) is 0 Å². The van der Waals surface area contributed by atoms with Crippen molar-refractivity contribution in [2.45, 2.75) is 31.6 Å². The lowest BCUT2D eigenvalue weighted by Gasteiger charge is -2.22. The van der Waals surface area contributed by atoms with E-state index >= 15 is 0 Å². The molecule has 100 valence electrons. The third-order valence-corrected chi connectivity index (χ3v) is 6.02. The third-order valence-electron chi connectivity index (χ3n) is 2.98. The zero-order valence-electron chi connectivity index (χ0n) is 10.7. The van der Waals surface area contributed by atoms with Gasteiger partial charge in [0.2, 0.25) is 0 Å². The Hall–Kier alpha value is -0.850. The largest absolute Gasteiger partial charge is 0.325 e. The van der Waals surface area contributed by atoms with E-state index in [0.29, 0.717) is 5.37 Å². The van der Waals surface area contributed by atoms with Crippen LogP contribution >= 0.6 is 34.4 Å². The van der Waals surface area contributed by atoms with Crippen molar-refractivity contribution >= 4 is 44.3 Å². The molecule has 19 heavy (non-hydrogen) atoms. The molecule has 3 rings (SSSR count). The number of hydrogen-bond acceptors (Lipinski definition) is 6. The standard InChI is InChI=1S/C13H15N3S3/c1-2-3-4-12-16(13-6-15-9-18-13)7-11(19-12)10-5-14-8-17-10/h5-9,12H,2-4H2,1H3. The number of thiazole rings is 2. The minimum absolute atomic E-state index is 0.498. The van der Waals surface area contributed by atoms with Gasteiger partial charge in [-0.15, -0.1) is 22.7 Å². The van der Waals surface area contributed by atoms with Gasteiger partial charge in [0.25, 0.3) is 0 Å². The SMILES string of the molecule is CCCCC1SC(c2cncs2)=CN1c1cncs1. The van der Waals surface area contributed by atoms with Gasteiger partial charge in [-0.05, 0) is 6.42 Å². The first-order chi connectivity index (χ1) is 9.38. The summed E-state index contributed by atoms with van der Waals surface area (Å²) in [6.07, 6.45) is 9.87. The van der Waals surface area contributed by atoms with Crippen molar-refractivity contribution in [3.05, 3.63) is 34.5 Å². The maximum absolute atomic E-state index is 4.20. The Labute approximate surface area is 125 Å². The fourth-order valence-electron chi connectivity index (χ4n) is 2.02. The molecule has 1 aliphatic rings. The average molecular weight is 309 g/mol. The summed E-state index contributed by atoms with van der Waals surface area (Å²) in [4.78, 5) is 13.3. The Bertz CT molecular complexity index is 533. The Kier molecular flexibility index (Phi) is 4.20. The zero-order valence-corrected chi connectivity index (χ0v) is 13.1. The highest BCUT2D eigenvalue weighted by atomic mass is 32.2. The summed E-state index contributed by atoms with van der Waals surface area (Å²) in [6.45, 7) is 2.24. The molecule has 0 saturated carbocycles. The molecule has 6 heteroatoms. The van der Waals surface area contributed by atoms with Crippen LogP contribution in [0.4, 0.5) is 5.00 Å². The molecule has 1 atom stereocenters. The molecule has 1 aliphatic heterocycles. The normalized spacial score (nSPS) is 18.9.